The quantitative estimate of drug-likeness (QED) is 0.239. The van der Waals surface area contributed by atoms with Gasteiger partial charge in [0, 0.05) is 61.0 Å². The van der Waals surface area contributed by atoms with Crippen LogP contribution in [0.2, 0.25) is 0 Å². The number of terminal acetylenes is 1. The number of anilines is 1. The zero-order valence-electron chi connectivity index (χ0n) is 25.2. The molecule has 45 heavy (non-hydrogen) atoms. The number of fused-ring (bicyclic) bond motifs is 5. The number of hydrogen-bond acceptors (Lipinski definition) is 8. The van der Waals surface area contributed by atoms with E-state index in [0.29, 0.717) is 57.2 Å². The van der Waals surface area contributed by atoms with E-state index in [2.05, 4.69) is 32.6 Å². The summed E-state index contributed by atoms with van der Waals surface area (Å²) in [5, 5.41) is 16.2. The molecule has 2 aromatic carbocycles. The fraction of sp³-hybridized carbons (Fsp3) is 0.417. The molecule has 0 amide bonds. The molecule has 9 heteroatoms. The van der Waals surface area contributed by atoms with Gasteiger partial charge in [-0.2, -0.15) is 9.97 Å². The molecule has 1 spiro atoms. The molecule has 8 nitrogen and oxygen atoms in total. The predicted octanol–water partition coefficient (Wildman–Crippen LogP) is 5.18. The highest BCUT2D eigenvalue weighted by molar-refractivity contribution is 6.02. The normalized spacial score (nSPS) is 26.6. The van der Waals surface area contributed by atoms with Crippen LogP contribution in [0.3, 0.4) is 0 Å². The third kappa shape index (κ3) is 4.30. The van der Waals surface area contributed by atoms with Crippen molar-refractivity contribution in [2.75, 3.05) is 37.7 Å². The van der Waals surface area contributed by atoms with E-state index in [1.54, 1.807) is 12.3 Å². The number of ether oxygens (including phenoxy) is 1. The van der Waals surface area contributed by atoms with Crippen molar-refractivity contribution in [3.8, 4) is 35.4 Å². The summed E-state index contributed by atoms with van der Waals surface area (Å²) in [5.74, 6) is 2.76. The largest absolute Gasteiger partial charge is 0.508 e. The number of pyridine rings is 1. The fourth-order valence-corrected chi connectivity index (χ4v) is 8.74. The number of benzene rings is 2. The molecule has 2 N–H and O–H groups in total. The molecule has 4 aliphatic heterocycles. The number of halogens is 1. The fourth-order valence-electron chi connectivity index (χ4n) is 8.74. The van der Waals surface area contributed by atoms with Gasteiger partial charge in [0.1, 0.15) is 29.4 Å². The smallest absolute Gasteiger partial charge is 0.319 e. The molecular formula is C36H35FN6O2. The standard InChI is InChI=1S/C36H35FN6O2/c1-3-22-5-4-6-23-11-26(44)12-27(29(22)23)31-30(37)32-28(14-38-31)33(42-16-24-7-8-25(17-42)39-24)41-34(40-32)45-20-36-13-21(2)15-43(36)19-35(18-36)9-10-35/h1,4-6,11-12,14,24-25,39,44H,2,7-10,13,15-20H2/t24-,25+,36?. The molecule has 5 aliphatic rings. The second-order valence-electron chi connectivity index (χ2n) is 14.1. The highest BCUT2D eigenvalue weighted by Crippen LogP contribution is 2.61. The summed E-state index contributed by atoms with van der Waals surface area (Å²) in [6.07, 6.45) is 14.2. The zero-order chi connectivity index (χ0) is 30.5. The molecule has 1 aliphatic carbocycles. The zero-order valence-corrected chi connectivity index (χ0v) is 25.2. The van der Waals surface area contributed by atoms with Crippen LogP contribution in [-0.4, -0.2) is 75.4 Å². The van der Waals surface area contributed by atoms with Gasteiger partial charge in [-0.15, -0.1) is 6.42 Å². The van der Waals surface area contributed by atoms with Gasteiger partial charge in [0.05, 0.1) is 10.9 Å². The van der Waals surface area contributed by atoms with E-state index >= 15 is 4.39 Å². The van der Waals surface area contributed by atoms with Crippen LogP contribution in [0.1, 0.15) is 44.1 Å². The predicted molar refractivity (Wildman–Crippen MR) is 172 cm³/mol. The lowest BCUT2D eigenvalue weighted by molar-refractivity contribution is 0.107. The molecule has 4 aromatic rings. The van der Waals surface area contributed by atoms with Crippen LogP contribution in [0.25, 0.3) is 32.9 Å². The van der Waals surface area contributed by atoms with Crippen molar-refractivity contribution in [1.82, 2.24) is 25.2 Å². The van der Waals surface area contributed by atoms with E-state index < -0.39 is 5.82 Å². The number of nitrogens with one attached hydrogen (secondary N) is 1. The number of piperazine rings is 1. The summed E-state index contributed by atoms with van der Waals surface area (Å²) in [4.78, 5) is 19.1. The molecule has 3 atom stereocenters. The number of aromatic nitrogens is 3. The van der Waals surface area contributed by atoms with Crippen LogP contribution >= 0.6 is 0 Å². The number of phenolic OH excluding ortho intramolecular Hbond substituents is 1. The van der Waals surface area contributed by atoms with Crippen molar-refractivity contribution in [1.29, 1.82) is 0 Å². The Morgan fingerprint density at radius 2 is 2.00 bits per heavy atom. The number of phenols is 1. The molecule has 0 radical (unpaired) electrons. The topological polar surface area (TPSA) is 86.6 Å². The molecule has 2 bridgehead atoms. The van der Waals surface area contributed by atoms with Gasteiger partial charge in [-0.3, -0.25) is 9.88 Å². The minimum Gasteiger partial charge on any atom is -0.508 e. The van der Waals surface area contributed by atoms with Crippen molar-refractivity contribution in [2.24, 2.45) is 5.41 Å². The Morgan fingerprint density at radius 3 is 2.78 bits per heavy atom. The summed E-state index contributed by atoms with van der Waals surface area (Å²) < 4.78 is 23.4. The Morgan fingerprint density at radius 1 is 1.18 bits per heavy atom. The van der Waals surface area contributed by atoms with Gasteiger partial charge in [0.15, 0.2) is 5.82 Å². The average molecular weight is 603 g/mol. The molecule has 1 unspecified atom stereocenters. The summed E-state index contributed by atoms with van der Waals surface area (Å²) in [7, 11) is 0. The summed E-state index contributed by atoms with van der Waals surface area (Å²) >= 11 is 0. The van der Waals surface area contributed by atoms with Crippen molar-refractivity contribution < 1.29 is 14.2 Å². The van der Waals surface area contributed by atoms with Crippen molar-refractivity contribution in [2.45, 2.75) is 56.1 Å². The van der Waals surface area contributed by atoms with Crippen molar-refractivity contribution in [3.05, 3.63) is 60.1 Å². The first-order chi connectivity index (χ1) is 21.8. The second-order valence-corrected chi connectivity index (χ2v) is 14.1. The van der Waals surface area contributed by atoms with Gasteiger partial charge in [0.25, 0.3) is 0 Å². The number of aromatic hydroxyl groups is 1. The van der Waals surface area contributed by atoms with E-state index in [1.807, 2.05) is 18.2 Å². The van der Waals surface area contributed by atoms with Crippen LogP contribution < -0.4 is 15.0 Å². The monoisotopic (exact) mass is 602 g/mol. The van der Waals surface area contributed by atoms with Crippen LogP contribution in [-0.2, 0) is 0 Å². The molecular weight excluding hydrogens is 567 g/mol. The minimum atomic E-state index is -0.593. The lowest BCUT2D eigenvalue weighted by Gasteiger charge is -2.34. The Labute approximate surface area is 261 Å². The summed E-state index contributed by atoms with van der Waals surface area (Å²) in [6, 6.07) is 9.52. The average Bonchev–Trinajstić information content (AvgIpc) is 3.47. The maximum Gasteiger partial charge on any atom is 0.319 e. The molecule has 9 rings (SSSR count). The number of hydrogen-bond donors (Lipinski definition) is 2. The van der Waals surface area contributed by atoms with Crippen LogP contribution in [0.15, 0.2) is 48.7 Å². The van der Waals surface area contributed by atoms with Crippen molar-refractivity contribution >= 4 is 27.5 Å². The first-order valence-corrected chi connectivity index (χ1v) is 16.0. The highest BCUT2D eigenvalue weighted by Gasteiger charge is 2.61. The molecule has 228 valence electrons. The van der Waals surface area contributed by atoms with Gasteiger partial charge in [-0.25, -0.2) is 4.39 Å². The number of rotatable bonds is 5. The van der Waals surface area contributed by atoms with Gasteiger partial charge < -0.3 is 20.1 Å². The first kappa shape index (κ1) is 27.1. The maximum absolute atomic E-state index is 16.9. The van der Waals surface area contributed by atoms with E-state index in [9.17, 15) is 5.11 Å². The Balaban J connectivity index is 1.17. The van der Waals surface area contributed by atoms with Crippen LogP contribution in [0.5, 0.6) is 11.8 Å². The maximum atomic E-state index is 16.9. The highest BCUT2D eigenvalue weighted by atomic mass is 19.1. The molecule has 5 fully saturated rings. The third-order valence-electron chi connectivity index (χ3n) is 10.9. The molecule has 6 heterocycles. The van der Waals surface area contributed by atoms with E-state index in [1.165, 1.54) is 24.5 Å². The SMILES string of the molecule is C#Cc1cccc2cc(O)cc(-c3ncc4c(N5C[C@H]6CC[C@@H](C5)N6)nc(OCC56CC(=C)CN5CC5(CC5)C6)nc4c3F)c12. The summed E-state index contributed by atoms with van der Waals surface area (Å²) in [6.45, 7) is 8.28. The van der Waals surface area contributed by atoms with E-state index in [-0.39, 0.29) is 28.5 Å². The van der Waals surface area contributed by atoms with Gasteiger partial charge in [0.2, 0.25) is 0 Å². The summed E-state index contributed by atoms with van der Waals surface area (Å²) in [5.41, 5.74) is 2.76. The van der Waals surface area contributed by atoms with E-state index in [0.717, 1.165) is 51.9 Å². The van der Waals surface area contributed by atoms with Crippen LogP contribution in [0.4, 0.5) is 10.2 Å². The first-order valence-electron chi connectivity index (χ1n) is 16.0. The Bertz CT molecular complexity index is 1960. The van der Waals surface area contributed by atoms with Crippen LogP contribution in [0, 0.1) is 23.6 Å². The molecule has 1 saturated carbocycles. The van der Waals surface area contributed by atoms with Gasteiger partial charge >= 0.3 is 6.01 Å². The number of nitrogens with zero attached hydrogens (tertiary/aromatic N) is 5. The Hall–Kier alpha value is -4.26. The second kappa shape index (κ2) is 9.62. The van der Waals surface area contributed by atoms with Gasteiger partial charge in [-0.1, -0.05) is 30.2 Å². The van der Waals surface area contributed by atoms with Gasteiger partial charge in [-0.05, 0) is 67.5 Å². The lowest BCUT2D eigenvalue weighted by atomic mass is 9.88. The third-order valence-corrected chi connectivity index (χ3v) is 10.9. The van der Waals surface area contributed by atoms with Crippen molar-refractivity contribution in [3.63, 3.8) is 0 Å². The lowest BCUT2D eigenvalue weighted by Crippen LogP contribution is -2.51. The van der Waals surface area contributed by atoms with E-state index in [4.69, 9.17) is 21.1 Å². The molecule has 4 saturated heterocycles. The Kier molecular flexibility index (Phi) is 5.79. The molecule has 2 aromatic heterocycles. The minimum absolute atomic E-state index is 0.00335.